The normalized spacial score (nSPS) is 17.6. The predicted molar refractivity (Wildman–Crippen MR) is 90.3 cm³/mol. The lowest BCUT2D eigenvalue weighted by molar-refractivity contribution is -0.123. The van der Waals surface area contributed by atoms with Gasteiger partial charge in [0, 0.05) is 5.69 Å². The van der Waals surface area contributed by atoms with Crippen LogP contribution in [0.2, 0.25) is 0 Å². The summed E-state index contributed by atoms with van der Waals surface area (Å²) in [6.45, 7) is 4.37. The molecule has 1 aliphatic carbocycles. The number of hydrogen-bond acceptors (Lipinski definition) is 4. The predicted octanol–water partition coefficient (Wildman–Crippen LogP) is 3.23. The number of nitriles is 1. The topological polar surface area (TPSA) is 74.2 Å². The quantitative estimate of drug-likeness (QED) is 0.845. The van der Waals surface area contributed by atoms with E-state index in [1.807, 2.05) is 31.2 Å². The number of carbonyl (C=O) groups is 1. The molecule has 23 heavy (non-hydrogen) atoms. The van der Waals surface area contributed by atoms with Crippen LogP contribution in [0.4, 0.5) is 5.69 Å². The van der Waals surface area contributed by atoms with Crippen LogP contribution >= 0.6 is 0 Å². The molecule has 0 spiro atoms. The van der Waals surface area contributed by atoms with Crippen molar-refractivity contribution in [1.82, 2.24) is 5.32 Å². The lowest BCUT2D eigenvalue weighted by Gasteiger charge is -2.32. The minimum atomic E-state index is -0.690. The molecule has 1 atom stereocenters. The molecule has 124 valence electrons. The number of amides is 1. The van der Waals surface area contributed by atoms with E-state index in [2.05, 4.69) is 16.7 Å². The van der Waals surface area contributed by atoms with Crippen LogP contribution in [0.1, 0.15) is 46.0 Å². The minimum absolute atomic E-state index is 0.137. The van der Waals surface area contributed by atoms with E-state index in [0.717, 1.165) is 43.5 Å². The number of benzene rings is 1. The lowest BCUT2D eigenvalue weighted by atomic mass is 9.82. The third-order valence-corrected chi connectivity index (χ3v) is 4.23. The largest absolute Gasteiger partial charge is 0.494 e. The summed E-state index contributed by atoms with van der Waals surface area (Å²) in [5, 5.41) is 15.6. The summed E-state index contributed by atoms with van der Waals surface area (Å²) in [6.07, 6.45) is 4.61. The van der Waals surface area contributed by atoms with Gasteiger partial charge in [-0.25, -0.2) is 0 Å². The van der Waals surface area contributed by atoms with E-state index < -0.39 is 11.6 Å². The van der Waals surface area contributed by atoms with E-state index in [1.54, 1.807) is 6.92 Å². The Morgan fingerprint density at radius 2 is 1.96 bits per heavy atom. The van der Waals surface area contributed by atoms with Crippen LogP contribution < -0.4 is 15.4 Å². The Hall–Kier alpha value is -2.22. The summed E-state index contributed by atoms with van der Waals surface area (Å²) in [7, 11) is 0. The number of hydrogen-bond donors (Lipinski definition) is 2. The first-order valence-corrected chi connectivity index (χ1v) is 8.31. The first kappa shape index (κ1) is 17.1. The van der Waals surface area contributed by atoms with Crippen molar-refractivity contribution in [2.75, 3.05) is 11.9 Å². The maximum atomic E-state index is 12.4. The van der Waals surface area contributed by atoms with Gasteiger partial charge in [0.2, 0.25) is 5.91 Å². The van der Waals surface area contributed by atoms with E-state index in [9.17, 15) is 10.1 Å². The molecular formula is C18H25N3O2. The van der Waals surface area contributed by atoms with Crippen molar-refractivity contribution in [3.05, 3.63) is 24.3 Å². The molecule has 5 nitrogen and oxygen atoms in total. The Bertz CT molecular complexity index is 557. The van der Waals surface area contributed by atoms with Crippen molar-refractivity contribution in [2.24, 2.45) is 0 Å². The average molecular weight is 315 g/mol. The number of carbonyl (C=O) groups excluding carboxylic acids is 1. The molecule has 1 aromatic rings. The average Bonchev–Trinajstić information content (AvgIpc) is 2.57. The van der Waals surface area contributed by atoms with Gasteiger partial charge >= 0.3 is 0 Å². The maximum Gasteiger partial charge on any atom is 0.243 e. The van der Waals surface area contributed by atoms with Gasteiger partial charge in [-0.15, -0.1) is 0 Å². The second-order valence-corrected chi connectivity index (χ2v) is 6.07. The van der Waals surface area contributed by atoms with Crippen LogP contribution in [-0.2, 0) is 4.79 Å². The highest BCUT2D eigenvalue weighted by atomic mass is 16.5. The molecule has 0 radical (unpaired) electrons. The highest BCUT2D eigenvalue weighted by molar-refractivity contribution is 5.85. The molecule has 5 heteroatoms. The summed E-state index contributed by atoms with van der Waals surface area (Å²) in [6, 6.07) is 9.42. The third-order valence-electron chi connectivity index (χ3n) is 4.23. The highest BCUT2D eigenvalue weighted by Gasteiger charge is 2.34. The summed E-state index contributed by atoms with van der Waals surface area (Å²) >= 11 is 0. The van der Waals surface area contributed by atoms with Crippen LogP contribution in [0.5, 0.6) is 5.75 Å². The van der Waals surface area contributed by atoms with Crippen molar-refractivity contribution in [1.29, 1.82) is 5.26 Å². The number of anilines is 1. The third kappa shape index (κ3) is 4.62. The van der Waals surface area contributed by atoms with E-state index in [-0.39, 0.29) is 5.91 Å². The molecule has 0 heterocycles. The minimum Gasteiger partial charge on any atom is -0.494 e. The van der Waals surface area contributed by atoms with Crippen molar-refractivity contribution in [3.8, 4) is 11.8 Å². The first-order chi connectivity index (χ1) is 11.1. The fraction of sp³-hybridized carbons (Fsp3) is 0.556. The Balaban J connectivity index is 1.92. The number of ether oxygens (including phenoxy) is 1. The van der Waals surface area contributed by atoms with E-state index in [0.29, 0.717) is 6.61 Å². The van der Waals surface area contributed by atoms with Gasteiger partial charge in [-0.1, -0.05) is 19.3 Å². The second-order valence-electron chi connectivity index (χ2n) is 6.07. The summed E-state index contributed by atoms with van der Waals surface area (Å²) in [5.41, 5.74) is 0.162. The zero-order valence-electron chi connectivity index (χ0n) is 13.9. The van der Waals surface area contributed by atoms with Gasteiger partial charge in [-0.2, -0.15) is 5.26 Å². The van der Waals surface area contributed by atoms with Crippen LogP contribution in [0, 0.1) is 11.3 Å². The molecule has 1 aliphatic rings. The van der Waals surface area contributed by atoms with Gasteiger partial charge in [0.25, 0.3) is 0 Å². The Morgan fingerprint density at radius 3 is 2.52 bits per heavy atom. The smallest absolute Gasteiger partial charge is 0.243 e. The molecule has 0 aliphatic heterocycles. The van der Waals surface area contributed by atoms with Gasteiger partial charge in [-0.3, -0.25) is 4.79 Å². The Kier molecular flexibility index (Phi) is 5.86. The molecule has 1 aromatic carbocycles. The van der Waals surface area contributed by atoms with Crippen molar-refractivity contribution in [2.45, 2.75) is 57.5 Å². The molecule has 0 unspecified atom stereocenters. The molecule has 1 amide bonds. The summed E-state index contributed by atoms with van der Waals surface area (Å²) < 4.78 is 5.40. The SMILES string of the molecule is CCOc1ccc(N[C@H](C)C(=O)NC2(C#N)CCCCC2)cc1. The van der Waals surface area contributed by atoms with Crippen molar-refractivity contribution in [3.63, 3.8) is 0 Å². The highest BCUT2D eigenvalue weighted by Crippen LogP contribution is 2.27. The van der Waals surface area contributed by atoms with Gasteiger partial charge in [0.1, 0.15) is 17.3 Å². The number of nitrogens with zero attached hydrogens (tertiary/aromatic N) is 1. The van der Waals surface area contributed by atoms with Gasteiger partial charge < -0.3 is 15.4 Å². The Labute approximate surface area is 138 Å². The first-order valence-electron chi connectivity index (χ1n) is 8.31. The molecular weight excluding hydrogens is 290 g/mol. The fourth-order valence-corrected chi connectivity index (χ4v) is 2.89. The molecule has 1 saturated carbocycles. The molecule has 1 fully saturated rings. The Morgan fingerprint density at radius 1 is 1.30 bits per heavy atom. The van der Waals surface area contributed by atoms with E-state index in [4.69, 9.17) is 4.74 Å². The molecule has 0 saturated heterocycles. The summed E-state index contributed by atoms with van der Waals surface area (Å²) in [4.78, 5) is 12.4. The van der Waals surface area contributed by atoms with Gasteiger partial charge in [0.15, 0.2) is 0 Å². The molecule has 0 bridgehead atoms. The molecule has 2 N–H and O–H groups in total. The second kappa shape index (κ2) is 7.87. The zero-order chi connectivity index (χ0) is 16.7. The molecule has 2 rings (SSSR count). The molecule has 0 aromatic heterocycles. The van der Waals surface area contributed by atoms with Gasteiger partial charge in [-0.05, 0) is 51.0 Å². The van der Waals surface area contributed by atoms with Crippen molar-refractivity contribution < 1.29 is 9.53 Å². The van der Waals surface area contributed by atoms with Gasteiger partial charge in [0.05, 0.1) is 12.7 Å². The zero-order valence-corrected chi connectivity index (χ0v) is 13.9. The number of rotatable bonds is 6. The van der Waals surface area contributed by atoms with Crippen LogP contribution in [-0.4, -0.2) is 24.1 Å². The van der Waals surface area contributed by atoms with Crippen LogP contribution in [0.3, 0.4) is 0 Å². The standard InChI is InChI=1S/C18H25N3O2/c1-3-23-16-9-7-15(8-10-16)20-14(2)17(22)21-18(13-19)11-5-4-6-12-18/h7-10,14,20H,3-6,11-12H2,1-2H3,(H,21,22)/t14-/m1/s1. The van der Waals surface area contributed by atoms with Crippen LogP contribution in [0.25, 0.3) is 0 Å². The van der Waals surface area contributed by atoms with E-state index in [1.165, 1.54) is 0 Å². The monoisotopic (exact) mass is 315 g/mol. The summed E-state index contributed by atoms with van der Waals surface area (Å²) in [5.74, 6) is 0.670. The van der Waals surface area contributed by atoms with Crippen molar-refractivity contribution >= 4 is 11.6 Å². The number of nitrogens with one attached hydrogen (secondary N) is 2. The van der Waals surface area contributed by atoms with Crippen LogP contribution in [0.15, 0.2) is 24.3 Å². The maximum absolute atomic E-state index is 12.4. The lowest BCUT2D eigenvalue weighted by Crippen LogP contribution is -2.52. The van der Waals surface area contributed by atoms with E-state index >= 15 is 0 Å². The fourth-order valence-electron chi connectivity index (χ4n) is 2.89.